The van der Waals surface area contributed by atoms with Gasteiger partial charge < -0.3 is 10.0 Å². The lowest BCUT2D eigenvalue weighted by molar-refractivity contribution is -0.141. The van der Waals surface area contributed by atoms with E-state index in [2.05, 4.69) is 0 Å². The Morgan fingerprint density at radius 2 is 2.06 bits per heavy atom. The van der Waals surface area contributed by atoms with E-state index in [0.29, 0.717) is 12.5 Å². The fraction of sp³-hybridized carbons (Fsp3) is 0.909. The predicted octanol–water partition coefficient (Wildman–Crippen LogP) is 0.464. The van der Waals surface area contributed by atoms with E-state index in [4.69, 9.17) is 5.11 Å². The lowest BCUT2D eigenvalue weighted by atomic mass is 9.85. The molecule has 1 unspecified atom stereocenters. The van der Waals surface area contributed by atoms with Crippen molar-refractivity contribution in [3.63, 3.8) is 0 Å². The third-order valence-corrected chi connectivity index (χ3v) is 4.19. The normalized spacial score (nSPS) is 19.0. The molecule has 5 nitrogen and oxygen atoms in total. The van der Waals surface area contributed by atoms with Crippen molar-refractivity contribution in [2.45, 2.75) is 19.3 Å². The lowest BCUT2D eigenvalue weighted by Crippen LogP contribution is -2.38. The average Bonchev–Trinajstić information content (AvgIpc) is 2.08. The van der Waals surface area contributed by atoms with Crippen LogP contribution < -0.4 is 0 Å². The van der Waals surface area contributed by atoms with Gasteiger partial charge in [0.2, 0.25) is 0 Å². The van der Waals surface area contributed by atoms with Gasteiger partial charge in [-0.1, -0.05) is 6.42 Å². The smallest absolute Gasteiger partial charge is 0.308 e. The van der Waals surface area contributed by atoms with E-state index in [-0.39, 0.29) is 5.75 Å². The highest BCUT2D eigenvalue weighted by Gasteiger charge is 2.26. The van der Waals surface area contributed by atoms with Crippen LogP contribution in [0, 0.1) is 11.8 Å². The molecule has 0 spiro atoms. The first kappa shape index (κ1) is 14.4. The maximum atomic E-state index is 11.1. The Morgan fingerprint density at radius 1 is 1.47 bits per heavy atom. The van der Waals surface area contributed by atoms with E-state index in [1.54, 1.807) is 0 Å². The number of rotatable bonds is 7. The molecule has 0 aromatic heterocycles. The van der Waals surface area contributed by atoms with Gasteiger partial charge in [-0.15, -0.1) is 0 Å². The number of carboxylic acid groups (broad SMARTS) is 1. The standard InChI is InChI=1S/C11H21NO4S/c1-12(6-9-4-3-5-9)7-10(11(13)14)8-17(2,15)16/h9-10H,3-8H2,1-2H3,(H,13,14). The molecule has 6 heteroatoms. The second kappa shape index (κ2) is 5.82. The molecule has 0 aromatic rings. The third kappa shape index (κ3) is 5.50. The van der Waals surface area contributed by atoms with Gasteiger partial charge in [0, 0.05) is 19.3 Å². The zero-order chi connectivity index (χ0) is 13.1. The van der Waals surface area contributed by atoms with Gasteiger partial charge in [0.25, 0.3) is 0 Å². The molecule has 0 radical (unpaired) electrons. The van der Waals surface area contributed by atoms with Gasteiger partial charge in [-0.3, -0.25) is 4.79 Å². The molecule has 1 saturated carbocycles. The van der Waals surface area contributed by atoms with Gasteiger partial charge >= 0.3 is 5.97 Å². The van der Waals surface area contributed by atoms with Crippen molar-refractivity contribution in [3.05, 3.63) is 0 Å². The summed E-state index contributed by atoms with van der Waals surface area (Å²) in [6, 6.07) is 0. The molecule has 100 valence electrons. The summed E-state index contributed by atoms with van der Waals surface area (Å²) in [5.74, 6) is -1.48. The molecule has 0 saturated heterocycles. The summed E-state index contributed by atoms with van der Waals surface area (Å²) in [7, 11) is -1.38. The molecule has 0 aliphatic heterocycles. The summed E-state index contributed by atoms with van der Waals surface area (Å²) < 4.78 is 22.3. The number of aliphatic carboxylic acids is 1. The zero-order valence-electron chi connectivity index (χ0n) is 10.4. The van der Waals surface area contributed by atoms with Crippen LogP contribution in [0.15, 0.2) is 0 Å². The Balaban J connectivity index is 2.44. The topological polar surface area (TPSA) is 74.7 Å². The highest BCUT2D eigenvalue weighted by molar-refractivity contribution is 7.90. The fourth-order valence-corrected chi connectivity index (χ4v) is 3.11. The van der Waals surface area contributed by atoms with E-state index in [9.17, 15) is 13.2 Å². The lowest BCUT2D eigenvalue weighted by Gasteiger charge is -2.31. The number of hydrogen-bond donors (Lipinski definition) is 1. The van der Waals surface area contributed by atoms with Crippen LogP contribution in [-0.2, 0) is 14.6 Å². The summed E-state index contributed by atoms with van der Waals surface area (Å²) in [4.78, 5) is 12.9. The summed E-state index contributed by atoms with van der Waals surface area (Å²) in [6.07, 6.45) is 4.74. The largest absolute Gasteiger partial charge is 0.481 e. The first-order chi connectivity index (χ1) is 7.78. The minimum Gasteiger partial charge on any atom is -0.481 e. The minimum absolute atomic E-state index is 0.280. The summed E-state index contributed by atoms with van der Waals surface area (Å²) in [5.41, 5.74) is 0. The van der Waals surface area contributed by atoms with Gasteiger partial charge in [0.1, 0.15) is 9.84 Å². The highest BCUT2D eigenvalue weighted by Crippen LogP contribution is 2.26. The summed E-state index contributed by atoms with van der Waals surface area (Å²) in [6.45, 7) is 1.17. The van der Waals surface area contributed by atoms with Crippen LogP contribution in [0.5, 0.6) is 0 Å². The van der Waals surface area contributed by atoms with Gasteiger partial charge in [-0.05, 0) is 25.8 Å². The van der Waals surface area contributed by atoms with Gasteiger partial charge in [-0.25, -0.2) is 8.42 Å². The van der Waals surface area contributed by atoms with Crippen molar-refractivity contribution in [3.8, 4) is 0 Å². The van der Waals surface area contributed by atoms with Crippen molar-refractivity contribution < 1.29 is 18.3 Å². The molecular formula is C11H21NO4S. The van der Waals surface area contributed by atoms with Crippen molar-refractivity contribution in [1.82, 2.24) is 4.90 Å². The second-order valence-corrected chi connectivity index (χ2v) is 7.33. The molecule has 17 heavy (non-hydrogen) atoms. The maximum Gasteiger partial charge on any atom is 0.308 e. The van der Waals surface area contributed by atoms with Crippen LogP contribution >= 0.6 is 0 Å². The first-order valence-corrected chi connectivity index (χ1v) is 7.93. The molecule has 1 rings (SSSR count). The average molecular weight is 263 g/mol. The van der Waals surface area contributed by atoms with Crippen LogP contribution in [0.4, 0.5) is 0 Å². The van der Waals surface area contributed by atoms with Crippen molar-refractivity contribution >= 4 is 15.8 Å². The molecule has 0 bridgehead atoms. The SMILES string of the molecule is CN(CC1CCC1)CC(CS(C)(=O)=O)C(=O)O. The van der Waals surface area contributed by atoms with E-state index in [1.165, 1.54) is 19.3 Å². The maximum absolute atomic E-state index is 11.1. The van der Waals surface area contributed by atoms with Crippen molar-refractivity contribution in [1.29, 1.82) is 0 Å². The van der Waals surface area contributed by atoms with Gasteiger partial charge in [-0.2, -0.15) is 0 Å². The Labute approximate surface area is 103 Å². The number of hydrogen-bond acceptors (Lipinski definition) is 4. The monoisotopic (exact) mass is 263 g/mol. The number of carboxylic acids is 1. The zero-order valence-corrected chi connectivity index (χ0v) is 11.2. The molecule has 1 aliphatic rings. The quantitative estimate of drug-likeness (QED) is 0.722. The van der Waals surface area contributed by atoms with E-state index >= 15 is 0 Å². The number of carbonyl (C=O) groups is 1. The van der Waals surface area contributed by atoms with Gasteiger partial charge in [0.05, 0.1) is 11.7 Å². The number of nitrogens with zero attached hydrogens (tertiary/aromatic N) is 1. The van der Waals surface area contributed by atoms with E-state index in [0.717, 1.165) is 12.8 Å². The Kier molecular flexibility index (Phi) is 4.94. The highest BCUT2D eigenvalue weighted by atomic mass is 32.2. The van der Waals surface area contributed by atoms with Crippen LogP contribution in [0.25, 0.3) is 0 Å². The first-order valence-electron chi connectivity index (χ1n) is 5.87. The molecule has 1 atom stereocenters. The Morgan fingerprint density at radius 3 is 2.41 bits per heavy atom. The van der Waals surface area contributed by atoms with Gasteiger partial charge in [0.15, 0.2) is 0 Å². The molecule has 1 aliphatic carbocycles. The molecule has 0 heterocycles. The van der Waals surface area contributed by atoms with Crippen molar-refractivity contribution in [2.24, 2.45) is 11.8 Å². The van der Waals surface area contributed by atoms with Crippen molar-refractivity contribution in [2.75, 3.05) is 32.1 Å². The Bertz CT molecular complexity index is 362. The van der Waals surface area contributed by atoms with Crippen LogP contribution in [0.2, 0.25) is 0 Å². The molecule has 1 fully saturated rings. The molecule has 1 N–H and O–H groups in total. The molecule has 0 amide bonds. The molecule has 0 aromatic carbocycles. The van der Waals surface area contributed by atoms with E-state index in [1.807, 2.05) is 11.9 Å². The summed E-state index contributed by atoms with van der Waals surface area (Å²) in [5, 5.41) is 9.00. The Hall–Kier alpha value is -0.620. The fourth-order valence-electron chi connectivity index (χ4n) is 2.13. The summed E-state index contributed by atoms with van der Waals surface area (Å²) >= 11 is 0. The second-order valence-electron chi connectivity index (χ2n) is 5.15. The van der Waals surface area contributed by atoms with Crippen LogP contribution in [0.3, 0.4) is 0 Å². The van der Waals surface area contributed by atoms with E-state index < -0.39 is 21.7 Å². The van der Waals surface area contributed by atoms with Crippen LogP contribution in [0.1, 0.15) is 19.3 Å². The molecular weight excluding hydrogens is 242 g/mol. The minimum atomic E-state index is -3.24. The van der Waals surface area contributed by atoms with Crippen LogP contribution in [-0.4, -0.2) is 56.5 Å². The number of sulfone groups is 1. The predicted molar refractivity (Wildman–Crippen MR) is 65.7 cm³/mol. The third-order valence-electron chi connectivity index (χ3n) is 3.18.